The predicted molar refractivity (Wildman–Crippen MR) is 77.9 cm³/mol. The lowest BCUT2D eigenvalue weighted by Gasteiger charge is -2.36. The Morgan fingerprint density at radius 2 is 1.94 bits per heavy atom. The molecule has 1 saturated heterocycles. The Labute approximate surface area is 111 Å². The summed E-state index contributed by atoms with van der Waals surface area (Å²) in [4.78, 5) is 2.61. The van der Waals surface area contributed by atoms with Crippen LogP contribution in [0.1, 0.15) is 32.8 Å². The van der Waals surface area contributed by atoms with Crippen LogP contribution in [-0.4, -0.2) is 36.1 Å². The zero-order valence-electron chi connectivity index (χ0n) is 11.9. The van der Waals surface area contributed by atoms with E-state index in [-0.39, 0.29) is 5.54 Å². The first-order valence-corrected chi connectivity index (χ1v) is 7.08. The minimum Gasteiger partial charge on any atom is -0.312 e. The van der Waals surface area contributed by atoms with Crippen molar-refractivity contribution in [3.8, 4) is 0 Å². The largest absolute Gasteiger partial charge is 0.312 e. The molecule has 0 amide bonds. The second-order valence-corrected chi connectivity index (χ2v) is 6.31. The monoisotopic (exact) mass is 246 g/mol. The van der Waals surface area contributed by atoms with E-state index in [1.54, 1.807) is 0 Å². The number of hydrogen-bond donors (Lipinski definition) is 1. The molecule has 1 N–H and O–H groups in total. The van der Waals surface area contributed by atoms with Gasteiger partial charge in [0.15, 0.2) is 0 Å². The van der Waals surface area contributed by atoms with Gasteiger partial charge in [0.1, 0.15) is 0 Å². The molecule has 1 aliphatic heterocycles. The second-order valence-electron chi connectivity index (χ2n) is 6.31. The normalized spacial score (nSPS) is 22.7. The number of rotatable bonds is 2. The molecule has 0 bridgehead atoms. The van der Waals surface area contributed by atoms with Crippen LogP contribution in [0.3, 0.4) is 0 Å². The summed E-state index contributed by atoms with van der Waals surface area (Å²) in [7, 11) is 0. The van der Waals surface area contributed by atoms with E-state index in [9.17, 15) is 0 Å². The van der Waals surface area contributed by atoms with Crippen molar-refractivity contribution in [3.63, 3.8) is 0 Å². The lowest BCUT2D eigenvalue weighted by Crippen LogP contribution is -2.47. The molecule has 18 heavy (non-hydrogen) atoms. The smallest absolute Gasteiger partial charge is 0.0235 e. The van der Waals surface area contributed by atoms with Crippen molar-refractivity contribution in [1.82, 2.24) is 10.2 Å². The average Bonchev–Trinajstić information content (AvgIpc) is 2.55. The van der Waals surface area contributed by atoms with Crippen molar-refractivity contribution < 1.29 is 0 Å². The van der Waals surface area contributed by atoms with Crippen LogP contribution >= 0.6 is 0 Å². The fourth-order valence-corrected chi connectivity index (χ4v) is 2.64. The fraction of sp³-hybridized carbons (Fsp3) is 0.625. The average molecular weight is 246 g/mol. The van der Waals surface area contributed by atoms with Gasteiger partial charge in [-0.25, -0.2) is 0 Å². The molecule has 0 aliphatic carbocycles. The Balaban J connectivity index is 1.99. The van der Waals surface area contributed by atoms with Crippen molar-refractivity contribution in [2.45, 2.75) is 45.2 Å². The molecule has 0 radical (unpaired) electrons. The molecule has 1 aromatic carbocycles. The van der Waals surface area contributed by atoms with Gasteiger partial charge in [0.25, 0.3) is 0 Å². The maximum atomic E-state index is 3.69. The summed E-state index contributed by atoms with van der Waals surface area (Å²) in [6.07, 6.45) is 2.38. The van der Waals surface area contributed by atoms with Gasteiger partial charge in [-0.3, -0.25) is 4.90 Å². The van der Waals surface area contributed by atoms with Crippen LogP contribution in [0.5, 0.6) is 0 Å². The standard InChI is InChI=1S/C16H26N2/c1-16(2,3)18-11-7-10-17-15(13-18)12-14-8-5-4-6-9-14/h4-6,8-9,15,17H,7,10-13H2,1-3H3. The highest BCUT2D eigenvalue weighted by Crippen LogP contribution is 2.17. The van der Waals surface area contributed by atoms with E-state index in [2.05, 4.69) is 61.3 Å². The molecule has 1 aromatic rings. The van der Waals surface area contributed by atoms with Crippen molar-refractivity contribution in [2.24, 2.45) is 0 Å². The van der Waals surface area contributed by atoms with E-state index >= 15 is 0 Å². The first-order chi connectivity index (χ1) is 8.55. The van der Waals surface area contributed by atoms with Crippen LogP contribution in [0.15, 0.2) is 30.3 Å². The fourth-order valence-electron chi connectivity index (χ4n) is 2.64. The van der Waals surface area contributed by atoms with E-state index in [4.69, 9.17) is 0 Å². The molecule has 0 aromatic heterocycles. The van der Waals surface area contributed by atoms with Crippen LogP contribution in [0, 0.1) is 0 Å². The molecule has 0 saturated carbocycles. The maximum Gasteiger partial charge on any atom is 0.0235 e. The summed E-state index contributed by atoms with van der Waals surface area (Å²) in [5.41, 5.74) is 1.71. The highest BCUT2D eigenvalue weighted by molar-refractivity contribution is 5.16. The molecule has 2 nitrogen and oxygen atoms in total. The highest BCUT2D eigenvalue weighted by Gasteiger charge is 2.26. The molecule has 2 rings (SSSR count). The lowest BCUT2D eigenvalue weighted by atomic mass is 10.0. The topological polar surface area (TPSA) is 15.3 Å². The van der Waals surface area contributed by atoms with Gasteiger partial charge in [0, 0.05) is 18.1 Å². The number of nitrogens with one attached hydrogen (secondary N) is 1. The Kier molecular flexibility index (Phi) is 4.41. The van der Waals surface area contributed by atoms with Crippen molar-refractivity contribution in [3.05, 3.63) is 35.9 Å². The van der Waals surface area contributed by atoms with E-state index in [1.165, 1.54) is 18.5 Å². The molecular weight excluding hydrogens is 220 g/mol. The number of hydrogen-bond acceptors (Lipinski definition) is 2. The molecule has 1 aliphatic rings. The minimum atomic E-state index is 0.279. The van der Waals surface area contributed by atoms with Gasteiger partial charge >= 0.3 is 0 Å². The predicted octanol–water partition coefficient (Wildman–Crippen LogP) is 2.69. The van der Waals surface area contributed by atoms with Crippen molar-refractivity contribution in [2.75, 3.05) is 19.6 Å². The van der Waals surface area contributed by atoms with Gasteiger partial charge in [0.2, 0.25) is 0 Å². The Morgan fingerprint density at radius 3 is 2.61 bits per heavy atom. The molecule has 1 unspecified atom stereocenters. The second kappa shape index (κ2) is 5.85. The zero-order valence-corrected chi connectivity index (χ0v) is 11.9. The summed E-state index contributed by atoms with van der Waals surface area (Å²) in [5, 5.41) is 3.69. The minimum absolute atomic E-state index is 0.279. The Bertz CT molecular complexity index is 353. The Hall–Kier alpha value is -0.860. The van der Waals surface area contributed by atoms with Gasteiger partial charge in [-0.05, 0) is 52.3 Å². The van der Waals surface area contributed by atoms with Gasteiger partial charge < -0.3 is 5.32 Å². The van der Waals surface area contributed by atoms with Crippen LogP contribution in [0.2, 0.25) is 0 Å². The lowest BCUT2D eigenvalue weighted by molar-refractivity contribution is 0.134. The molecule has 1 atom stereocenters. The highest BCUT2D eigenvalue weighted by atomic mass is 15.2. The van der Waals surface area contributed by atoms with Gasteiger partial charge in [-0.2, -0.15) is 0 Å². The summed E-state index contributed by atoms with van der Waals surface area (Å²) < 4.78 is 0. The SMILES string of the molecule is CC(C)(C)N1CCCNC(Cc2ccccc2)C1. The Morgan fingerprint density at radius 1 is 1.22 bits per heavy atom. The van der Waals surface area contributed by atoms with E-state index in [1.807, 2.05) is 0 Å². The molecule has 100 valence electrons. The first kappa shape index (κ1) is 13.6. The molecule has 1 heterocycles. The molecule has 0 spiro atoms. The van der Waals surface area contributed by atoms with Crippen LogP contribution in [0.4, 0.5) is 0 Å². The van der Waals surface area contributed by atoms with Gasteiger partial charge in [0.05, 0.1) is 0 Å². The number of nitrogens with zero attached hydrogens (tertiary/aromatic N) is 1. The summed E-state index contributed by atoms with van der Waals surface area (Å²) in [6.45, 7) is 10.5. The van der Waals surface area contributed by atoms with Gasteiger partial charge in [-0.1, -0.05) is 30.3 Å². The van der Waals surface area contributed by atoms with Crippen molar-refractivity contribution in [1.29, 1.82) is 0 Å². The van der Waals surface area contributed by atoms with Gasteiger partial charge in [-0.15, -0.1) is 0 Å². The van der Waals surface area contributed by atoms with Crippen LogP contribution < -0.4 is 5.32 Å². The first-order valence-electron chi connectivity index (χ1n) is 7.08. The van der Waals surface area contributed by atoms with Crippen molar-refractivity contribution >= 4 is 0 Å². The van der Waals surface area contributed by atoms with E-state index < -0.39 is 0 Å². The summed E-state index contributed by atoms with van der Waals surface area (Å²) >= 11 is 0. The van der Waals surface area contributed by atoms with Crippen LogP contribution in [0.25, 0.3) is 0 Å². The maximum absolute atomic E-state index is 3.69. The number of benzene rings is 1. The van der Waals surface area contributed by atoms with E-state index in [0.717, 1.165) is 19.5 Å². The third-order valence-corrected chi connectivity index (χ3v) is 3.75. The third kappa shape index (κ3) is 3.82. The third-order valence-electron chi connectivity index (χ3n) is 3.75. The summed E-state index contributed by atoms with van der Waals surface area (Å²) in [5.74, 6) is 0. The molecular formula is C16H26N2. The molecule has 2 heteroatoms. The summed E-state index contributed by atoms with van der Waals surface area (Å²) in [6, 6.07) is 11.4. The molecule has 1 fully saturated rings. The van der Waals surface area contributed by atoms with Crippen LogP contribution in [-0.2, 0) is 6.42 Å². The zero-order chi connectivity index (χ0) is 13.0. The van der Waals surface area contributed by atoms with E-state index in [0.29, 0.717) is 6.04 Å². The quantitative estimate of drug-likeness (QED) is 0.863.